The van der Waals surface area contributed by atoms with Gasteiger partial charge in [0.05, 0.1) is 18.8 Å². The summed E-state index contributed by atoms with van der Waals surface area (Å²) in [6.45, 7) is 1.84. The fourth-order valence-corrected chi connectivity index (χ4v) is 3.79. The topological polar surface area (TPSA) is 115 Å². The molecule has 32 heavy (non-hydrogen) atoms. The molecule has 5 rings (SSSR count). The lowest BCUT2D eigenvalue weighted by Gasteiger charge is -2.09. The molecule has 162 valence electrons. The fraction of sp³-hybridized carbons (Fsp3) is 0.273. The molecule has 1 aromatic carbocycles. The van der Waals surface area contributed by atoms with Gasteiger partial charge in [0.15, 0.2) is 11.6 Å². The lowest BCUT2D eigenvalue weighted by atomic mass is 10.2. The summed E-state index contributed by atoms with van der Waals surface area (Å²) in [6.07, 6.45) is 5.36. The molecule has 4 aromatic rings. The van der Waals surface area contributed by atoms with E-state index in [1.54, 1.807) is 18.3 Å². The van der Waals surface area contributed by atoms with Crippen molar-refractivity contribution in [3.8, 4) is 11.5 Å². The van der Waals surface area contributed by atoms with Gasteiger partial charge in [-0.15, -0.1) is 10.2 Å². The average Bonchev–Trinajstić information content (AvgIpc) is 3.52. The zero-order chi connectivity index (χ0) is 21.9. The molecule has 1 aliphatic heterocycles. The van der Waals surface area contributed by atoms with E-state index in [2.05, 4.69) is 42.0 Å². The first-order chi connectivity index (χ1) is 15.7. The van der Waals surface area contributed by atoms with Crippen LogP contribution in [0.3, 0.4) is 0 Å². The summed E-state index contributed by atoms with van der Waals surface area (Å²) >= 11 is 0. The number of nitrogens with one attached hydrogen (secondary N) is 2. The molecule has 1 amide bonds. The number of amides is 1. The first kappa shape index (κ1) is 19.9. The Morgan fingerprint density at radius 2 is 2.09 bits per heavy atom. The Morgan fingerprint density at radius 3 is 2.94 bits per heavy atom. The minimum absolute atomic E-state index is 0.133. The lowest BCUT2D eigenvalue weighted by Crippen LogP contribution is -2.23. The van der Waals surface area contributed by atoms with Crippen LogP contribution in [0.2, 0.25) is 0 Å². The van der Waals surface area contributed by atoms with Crippen LogP contribution in [0, 0.1) is 0 Å². The number of aromatic nitrogens is 7. The Bertz CT molecular complexity index is 1220. The minimum atomic E-state index is -0.133. The number of carbonyl (C=O) groups is 1. The lowest BCUT2D eigenvalue weighted by molar-refractivity contribution is 0.0950. The van der Waals surface area contributed by atoms with Gasteiger partial charge >= 0.3 is 0 Å². The second-order valence-electron chi connectivity index (χ2n) is 7.66. The van der Waals surface area contributed by atoms with Crippen LogP contribution in [0.15, 0.2) is 48.9 Å². The predicted molar refractivity (Wildman–Crippen MR) is 118 cm³/mol. The van der Waals surface area contributed by atoms with E-state index in [1.807, 2.05) is 34.5 Å². The van der Waals surface area contributed by atoms with Crippen molar-refractivity contribution < 1.29 is 4.79 Å². The smallest absolute Gasteiger partial charge is 0.251 e. The molecule has 10 nitrogen and oxygen atoms in total. The van der Waals surface area contributed by atoms with Gasteiger partial charge < -0.3 is 15.2 Å². The summed E-state index contributed by atoms with van der Waals surface area (Å²) in [6, 6.07) is 11.2. The van der Waals surface area contributed by atoms with Gasteiger partial charge in [0.1, 0.15) is 12.0 Å². The number of benzene rings is 1. The summed E-state index contributed by atoms with van der Waals surface area (Å²) in [5, 5.41) is 19.3. The number of rotatable bonds is 7. The summed E-state index contributed by atoms with van der Waals surface area (Å²) in [5.74, 6) is 1.29. The molecule has 10 heteroatoms. The molecular formula is C22H23N9O. The Labute approximate surface area is 184 Å². The third kappa shape index (κ3) is 4.07. The number of hydrogen-bond acceptors (Lipinski definition) is 7. The zero-order valence-electron chi connectivity index (χ0n) is 17.7. The first-order valence-corrected chi connectivity index (χ1v) is 10.5. The maximum atomic E-state index is 12.6. The van der Waals surface area contributed by atoms with Gasteiger partial charge in [0, 0.05) is 36.7 Å². The SMILES string of the molecule is Cn1c(CNc2cccc(C(=O)NCc3cc4n(n3)CCC4)c2)nnc1-c1ccncn1. The molecule has 0 spiro atoms. The van der Waals surface area contributed by atoms with Gasteiger partial charge in [0.25, 0.3) is 5.91 Å². The average molecular weight is 429 g/mol. The third-order valence-electron chi connectivity index (χ3n) is 5.50. The molecule has 0 saturated heterocycles. The van der Waals surface area contributed by atoms with E-state index in [9.17, 15) is 4.79 Å². The molecule has 3 aromatic heterocycles. The number of hydrogen-bond donors (Lipinski definition) is 2. The highest BCUT2D eigenvalue weighted by Crippen LogP contribution is 2.17. The monoisotopic (exact) mass is 429 g/mol. The van der Waals surface area contributed by atoms with E-state index in [4.69, 9.17) is 0 Å². The fourth-order valence-electron chi connectivity index (χ4n) is 3.79. The standard InChI is InChI=1S/C22H23N9O/c1-30-20(27-28-21(30)19-7-8-23-14-26-19)13-24-16-5-2-4-15(10-16)22(32)25-12-17-11-18-6-3-9-31(18)29-17/h2,4-5,7-8,10-11,14,24H,3,6,9,12-13H2,1H3,(H,25,32). The number of nitrogens with zero attached hydrogens (tertiary/aromatic N) is 7. The maximum absolute atomic E-state index is 12.6. The quantitative estimate of drug-likeness (QED) is 0.461. The van der Waals surface area contributed by atoms with Crippen LogP contribution < -0.4 is 10.6 Å². The highest BCUT2D eigenvalue weighted by Gasteiger charge is 2.15. The van der Waals surface area contributed by atoms with Gasteiger partial charge in [-0.25, -0.2) is 9.97 Å². The number of fused-ring (bicyclic) bond motifs is 1. The largest absolute Gasteiger partial charge is 0.378 e. The number of carbonyl (C=O) groups excluding carboxylic acids is 1. The third-order valence-corrected chi connectivity index (χ3v) is 5.50. The van der Waals surface area contributed by atoms with Gasteiger partial charge in [-0.1, -0.05) is 6.07 Å². The molecule has 4 heterocycles. The van der Waals surface area contributed by atoms with Crippen molar-refractivity contribution >= 4 is 11.6 Å². The number of anilines is 1. The van der Waals surface area contributed by atoms with Crippen molar-refractivity contribution in [2.75, 3.05) is 5.32 Å². The predicted octanol–water partition coefficient (Wildman–Crippen LogP) is 1.96. The highest BCUT2D eigenvalue weighted by atomic mass is 16.1. The molecule has 0 bridgehead atoms. The van der Waals surface area contributed by atoms with Crippen LogP contribution >= 0.6 is 0 Å². The highest BCUT2D eigenvalue weighted by molar-refractivity contribution is 5.95. The van der Waals surface area contributed by atoms with Crippen LogP contribution in [0.4, 0.5) is 5.69 Å². The van der Waals surface area contributed by atoms with Crippen molar-refractivity contribution in [3.05, 3.63) is 71.7 Å². The van der Waals surface area contributed by atoms with E-state index in [-0.39, 0.29) is 5.91 Å². The molecule has 1 aliphatic rings. The van der Waals surface area contributed by atoms with Crippen LogP contribution in [-0.2, 0) is 33.1 Å². The van der Waals surface area contributed by atoms with Crippen molar-refractivity contribution in [3.63, 3.8) is 0 Å². The molecule has 0 radical (unpaired) electrons. The normalized spacial score (nSPS) is 12.5. The Kier molecular flexibility index (Phi) is 5.32. The van der Waals surface area contributed by atoms with Crippen LogP contribution in [-0.4, -0.2) is 40.4 Å². The summed E-state index contributed by atoms with van der Waals surface area (Å²) in [5.41, 5.74) is 4.26. The van der Waals surface area contributed by atoms with Gasteiger partial charge in [-0.2, -0.15) is 5.10 Å². The summed E-state index contributed by atoms with van der Waals surface area (Å²) < 4.78 is 3.91. The number of aryl methyl sites for hydroxylation is 2. The second-order valence-corrected chi connectivity index (χ2v) is 7.66. The molecule has 0 saturated carbocycles. The molecule has 0 aliphatic carbocycles. The van der Waals surface area contributed by atoms with E-state index in [1.165, 1.54) is 12.0 Å². The summed E-state index contributed by atoms with van der Waals surface area (Å²) in [7, 11) is 1.89. The molecule has 0 fully saturated rings. The van der Waals surface area contributed by atoms with E-state index in [0.717, 1.165) is 36.6 Å². The van der Waals surface area contributed by atoms with E-state index in [0.29, 0.717) is 30.2 Å². The zero-order valence-corrected chi connectivity index (χ0v) is 17.7. The Hall–Kier alpha value is -4.08. The van der Waals surface area contributed by atoms with E-state index >= 15 is 0 Å². The second kappa shape index (κ2) is 8.58. The van der Waals surface area contributed by atoms with Crippen LogP contribution in [0.5, 0.6) is 0 Å². The van der Waals surface area contributed by atoms with E-state index < -0.39 is 0 Å². The van der Waals surface area contributed by atoms with Crippen molar-refractivity contribution in [1.82, 2.24) is 39.8 Å². The van der Waals surface area contributed by atoms with Crippen molar-refractivity contribution in [1.29, 1.82) is 0 Å². The van der Waals surface area contributed by atoms with Gasteiger partial charge in [-0.05, 0) is 43.2 Å². The van der Waals surface area contributed by atoms with Crippen molar-refractivity contribution in [2.24, 2.45) is 7.05 Å². The summed E-state index contributed by atoms with van der Waals surface area (Å²) in [4.78, 5) is 20.8. The maximum Gasteiger partial charge on any atom is 0.251 e. The Morgan fingerprint density at radius 1 is 1.16 bits per heavy atom. The molecular weight excluding hydrogens is 406 g/mol. The van der Waals surface area contributed by atoms with Gasteiger partial charge in [0.2, 0.25) is 0 Å². The molecule has 2 N–H and O–H groups in total. The van der Waals surface area contributed by atoms with Gasteiger partial charge in [-0.3, -0.25) is 9.48 Å². The van der Waals surface area contributed by atoms with Crippen molar-refractivity contribution in [2.45, 2.75) is 32.5 Å². The van der Waals surface area contributed by atoms with Crippen LogP contribution in [0.25, 0.3) is 11.5 Å². The Balaban J connectivity index is 1.20. The van der Waals surface area contributed by atoms with Crippen LogP contribution in [0.1, 0.15) is 34.0 Å². The first-order valence-electron chi connectivity index (χ1n) is 10.5. The minimum Gasteiger partial charge on any atom is -0.378 e. The molecule has 0 unspecified atom stereocenters. The molecule has 0 atom stereocenters.